The first-order chi connectivity index (χ1) is 13.6. The molecule has 29 heavy (non-hydrogen) atoms. The van der Waals surface area contributed by atoms with Crippen molar-refractivity contribution in [3.05, 3.63) is 68.0 Å². The second kappa shape index (κ2) is 8.17. The van der Waals surface area contributed by atoms with Crippen molar-refractivity contribution in [2.75, 3.05) is 10.6 Å². The molecule has 0 bridgehead atoms. The van der Waals surface area contributed by atoms with Crippen LogP contribution in [0.5, 0.6) is 0 Å². The lowest BCUT2D eigenvalue weighted by molar-refractivity contribution is -0.383. The number of rotatable bonds is 5. The fourth-order valence-corrected chi connectivity index (χ4v) is 2.63. The number of nitrogens with one attached hydrogen (secondary N) is 2. The maximum Gasteiger partial charge on any atom is 0.416 e. The van der Waals surface area contributed by atoms with Crippen molar-refractivity contribution >= 4 is 56.4 Å². The lowest BCUT2D eigenvalue weighted by Crippen LogP contribution is -2.08. The molecule has 0 aliphatic rings. The first-order valence-corrected chi connectivity index (χ1v) is 8.84. The standard InChI is InChI=1S/C16H9BrClF3N6O2/c17-9-2-4-12(22-6-9)26-15-13(27(28)29)14(23-7-24-15)25-11-5-8(16(19,20)21)1-3-10(11)18/h1-7H,(H2,22,23,24,25,26). The largest absolute Gasteiger partial charge is 0.416 e. The summed E-state index contributed by atoms with van der Waals surface area (Å²) < 4.78 is 39.6. The Morgan fingerprint density at radius 2 is 1.76 bits per heavy atom. The lowest BCUT2D eigenvalue weighted by atomic mass is 10.2. The number of hydrogen-bond donors (Lipinski definition) is 2. The molecular weight excluding hydrogens is 481 g/mol. The molecule has 0 saturated carbocycles. The monoisotopic (exact) mass is 488 g/mol. The van der Waals surface area contributed by atoms with Gasteiger partial charge in [0.2, 0.25) is 11.6 Å². The second-order valence-electron chi connectivity index (χ2n) is 5.48. The Hall–Kier alpha value is -2.99. The molecule has 0 saturated heterocycles. The molecule has 8 nitrogen and oxygen atoms in total. The van der Waals surface area contributed by atoms with Crippen LogP contribution in [0.1, 0.15) is 5.56 Å². The summed E-state index contributed by atoms with van der Waals surface area (Å²) >= 11 is 9.16. The molecule has 0 unspecified atom stereocenters. The molecule has 0 atom stereocenters. The molecule has 0 fully saturated rings. The van der Waals surface area contributed by atoms with E-state index in [1.165, 1.54) is 6.20 Å². The zero-order chi connectivity index (χ0) is 21.2. The average molecular weight is 490 g/mol. The van der Waals surface area contributed by atoms with Crippen molar-refractivity contribution in [1.82, 2.24) is 15.0 Å². The van der Waals surface area contributed by atoms with E-state index in [1.54, 1.807) is 12.1 Å². The van der Waals surface area contributed by atoms with E-state index in [1.807, 2.05) is 0 Å². The van der Waals surface area contributed by atoms with Crippen LogP contribution in [-0.2, 0) is 6.18 Å². The highest BCUT2D eigenvalue weighted by atomic mass is 79.9. The maximum atomic E-state index is 13.0. The van der Waals surface area contributed by atoms with Gasteiger partial charge in [0, 0.05) is 10.7 Å². The van der Waals surface area contributed by atoms with E-state index in [4.69, 9.17) is 11.6 Å². The van der Waals surface area contributed by atoms with Gasteiger partial charge in [0.25, 0.3) is 0 Å². The summed E-state index contributed by atoms with van der Waals surface area (Å²) in [6.07, 6.45) is -2.13. The summed E-state index contributed by atoms with van der Waals surface area (Å²) in [5, 5.41) is 16.7. The third kappa shape index (κ3) is 4.90. The van der Waals surface area contributed by atoms with Gasteiger partial charge in [0.15, 0.2) is 0 Å². The predicted molar refractivity (Wildman–Crippen MR) is 104 cm³/mol. The molecule has 2 N–H and O–H groups in total. The number of alkyl halides is 3. The van der Waals surface area contributed by atoms with E-state index in [2.05, 4.69) is 41.5 Å². The van der Waals surface area contributed by atoms with Gasteiger partial charge in [-0.05, 0) is 46.3 Å². The van der Waals surface area contributed by atoms with Crippen LogP contribution >= 0.6 is 27.5 Å². The van der Waals surface area contributed by atoms with Crippen LogP contribution in [0.2, 0.25) is 5.02 Å². The number of nitro groups is 1. The summed E-state index contributed by atoms with van der Waals surface area (Å²) in [6, 6.07) is 5.77. The van der Waals surface area contributed by atoms with Gasteiger partial charge >= 0.3 is 11.9 Å². The number of hydrogen-bond acceptors (Lipinski definition) is 7. The smallest absolute Gasteiger partial charge is 0.333 e. The van der Waals surface area contributed by atoms with E-state index in [0.717, 1.165) is 24.5 Å². The number of aromatic nitrogens is 3. The minimum atomic E-state index is -4.61. The van der Waals surface area contributed by atoms with Gasteiger partial charge in [-0.3, -0.25) is 10.1 Å². The van der Waals surface area contributed by atoms with Crippen molar-refractivity contribution in [2.24, 2.45) is 0 Å². The first-order valence-electron chi connectivity index (χ1n) is 7.67. The van der Waals surface area contributed by atoms with Crippen LogP contribution in [0, 0.1) is 10.1 Å². The summed E-state index contributed by atoms with van der Waals surface area (Å²) in [5.41, 5.74) is -1.76. The van der Waals surface area contributed by atoms with Crippen LogP contribution in [0.15, 0.2) is 47.3 Å². The Morgan fingerprint density at radius 3 is 2.34 bits per heavy atom. The maximum absolute atomic E-state index is 13.0. The van der Waals surface area contributed by atoms with Crippen LogP contribution in [-0.4, -0.2) is 19.9 Å². The zero-order valence-corrected chi connectivity index (χ0v) is 16.4. The molecule has 0 aliphatic heterocycles. The SMILES string of the molecule is O=[N+]([O-])c1c(Nc2ccc(Br)cn2)ncnc1Nc1cc(C(F)(F)F)ccc1Cl. The highest BCUT2D eigenvalue weighted by Gasteiger charge is 2.31. The van der Waals surface area contributed by atoms with Crippen LogP contribution in [0.3, 0.4) is 0 Å². The molecule has 3 rings (SSSR count). The fourth-order valence-electron chi connectivity index (χ4n) is 2.23. The quantitative estimate of drug-likeness (QED) is 0.350. The molecule has 13 heteroatoms. The first kappa shape index (κ1) is 20.7. The normalized spacial score (nSPS) is 11.2. The van der Waals surface area contributed by atoms with E-state index in [-0.39, 0.29) is 28.2 Å². The minimum absolute atomic E-state index is 0.0741. The third-order valence-corrected chi connectivity index (χ3v) is 4.32. The summed E-state index contributed by atoms with van der Waals surface area (Å²) in [5.74, 6) is -0.283. The molecule has 0 radical (unpaired) electrons. The highest BCUT2D eigenvalue weighted by Crippen LogP contribution is 2.37. The Labute approximate surface area is 174 Å². The number of pyridine rings is 1. The van der Waals surface area contributed by atoms with Gasteiger partial charge < -0.3 is 10.6 Å². The van der Waals surface area contributed by atoms with E-state index < -0.39 is 22.4 Å². The summed E-state index contributed by atoms with van der Waals surface area (Å²) in [7, 11) is 0. The number of benzene rings is 1. The van der Waals surface area contributed by atoms with Gasteiger partial charge in [-0.25, -0.2) is 15.0 Å². The number of halogens is 5. The number of anilines is 4. The molecule has 0 aliphatic carbocycles. The summed E-state index contributed by atoms with van der Waals surface area (Å²) in [6.45, 7) is 0. The Bertz CT molecular complexity index is 1070. The van der Waals surface area contributed by atoms with E-state index >= 15 is 0 Å². The van der Waals surface area contributed by atoms with Crippen LogP contribution in [0.25, 0.3) is 0 Å². The number of nitrogens with zero attached hydrogens (tertiary/aromatic N) is 4. The second-order valence-corrected chi connectivity index (χ2v) is 6.80. The highest BCUT2D eigenvalue weighted by molar-refractivity contribution is 9.10. The molecule has 0 amide bonds. The Morgan fingerprint density at radius 1 is 1.07 bits per heavy atom. The van der Waals surface area contributed by atoms with Gasteiger partial charge in [-0.2, -0.15) is 13.2 Å². The predicted octanol–water partition coefficient (Wildman–Crippen LogP) is 5.70. The van der Waals surface area contributed by atoms with Gasteiger partial charge in [-0.15, -0.1) is 0 Å². The van der Waals surface area contributed by atoms with Crippen molar-refractivity contribution in [3.8, 4) is 0 Å². The van der Waals surface area contributed by atoms with Crippen LogP contribution < -0.4 is 10.6 Å². The van der Waals surface area contributed by atoms with Crippen molar-refractivity contribution in [1.29, 1.82) is 0 Å². The molecule has 150 valence electrons. The van der Waals surface area contributed by atoms with Gasteiger partial charge in [-0.1, -0.05) is 11.6 Å². The fraction of sp³-hybridized carbons (Fsp3) is 0.0625. The molecule has 0 spiro atoms. The van der Waals surface area contributed by atoms with E-state index in [0.29, 0.717) is 4.47 Å². The topological polar surface area (TPSA) is 106 Å². The Kier molecular flexibility index (Phi) is 5.84. The van der Waals surface area contributed by atoms with Crippen molar-refractivity contribution < 1.29 is 18.1 Å². The van der Waals surface area contributed by atoms with Crippen LogP contribution in [0.4, 0.5) is 42.0 Å². The lowest BCUT2D eigenvalue weighted by Gasteiger charge is -2.13. The Balaban J connectivity index is 2.00. The molecule has 2 heterocycles. The average Bonchev–Trinajstić information content (AvgIpc) is 2.64. The third-order valence-electron chi connectivity index (χ3n) is 3.53. The molecule has 3 aromatic rings. The minimum Gasteiger partial charge on any atom is -0.333 e. The van der Waals surface area contributed by atoms with Crippen molar-refractivity contribution in [3.63, 3.8) is 0 Å². The molecule has 2 aromatic heterocycles. The van der Waals surface area contributed by atoms with Gasteiger partial charge in [0.05, 0.1) is 21.2 Å². The zero-order valence-electron chi connectivity index (χ0n) is 14.0. The van der Waals surface area contributed by atoms with E-state index in [9.17, 15) is 23.3 Å². The summed E-state index contributed by atoms with van der Waals surface area (Å²) in [4.78, 5) is 22.5. The molecular formula is C16H9BrClF3N6O2. The molecule has 1 aromatic carbocycles. The van der Waals surface area contributed by atoms with Crippen molar-refractivity contribution in [2.45, 2.75) is 6.18 Å². The van der Waals surface area contributed by atoms with Gasteiger partial charge in [0.1, 0.15) is 12.1 Å².